The molecule has 290 valence electrons. The third-order valence-electron chi connectivity index (χ3n) is 17.5. The number of esters is 1. The predicted molar refractivity (Wildman–Crippen MR) is 206 cm³/mol. The van der Waals surface area contributed by atoms with Gasteiger partial charge in [0, 0.05) is 29.4 Å². The number of ether oxygens (including phenoxy) is 1. The number of nitrogens with one attached hydrogen (secondary N) is 1. The number of carboxylic acids is 1. The van der Waals surface area contributed by atoms with Gasteiger partial charge in [-0.05, 0) is 127 Å². The van der Waals surface area contributed by atoms with Crippen LogP contribution in [0.15, 0.2) is 41.5 Å². The van der Waals surface area contributed by atoms with Gasteiger partial charge in [-0.25, -0.2) is 0 Å². The van der Waals surface area contributed by atoms with Gasteiger partial charge in [-0.1, -0.05) is 86.1 Å². The molecule has 1 aromatic rings. The van der Waals surface area contributed by atoms with Crippen LogP contribution in [0.3, 0.4) is 0 Å². The normalized spacial score (nSPS) is 41.0. The van der Waals surface area contributed by atoms with Gasteiger partial charge in [0.25, 0.3) is 5.91 Å². The van der Waals surface area contributed by atoms with E-state index in [-0.39, 0.29) is 56.9 Å². The van der Waals surface area contributed by atoms with E-state index >= 15 is 0 Å². The molecule has 5 fully saturated rings. The average Bonchev–Trinajstić information content (AvgIpc) is 3.38. The molecule has 10 atom stereocenters. The quantitative estimate of drug-likeness (QED) is 0.258. The van der Waals surface area contributed by atoms with Gasteiger partial charge in [-0.2, -0.15) is 0 Å². The first kappa shape index (κ1) is 38.3. The van der Waals surface area contributed by atoms with Crippen molar-refractivity contribution < 1.29 is 29.0 Å². The Labute approximate surface area is 317 Å². The van der Waals surface area contributed by atoms with Gasteiger partial charge in [-0.3, -0.25) is 19.2 Å². The molecular formula is C46H65NO6. The third-order valence-corrected chi connectivity index (χ3v) is 17.5. The summed E-state index contributed by atoms with van der Waals surface area (Å²) in [7, 11) is 0. The van der Waals surface area contributed by atoms with Crippen LogP contribution in [-0.4, -0.2) is 41.4 Å². The van der Waals surface area contributed by atoms with Gasteiger partial charge in [0.2, 0.25) is 0 Å². The highest BCUT2D eigenvalue weighted by Crippen LogP contribution is 2.77. The number of rotatable bonds is 8. The minimum atomic E-state index is -0.825. The second-order valence-corrected chi connectivity index (χ2v) is 20.6. The van der Waals surface area contributed by atoms with Gasteiger partial charge in [-0.15, -0.1) is 0 Å². The van der Waals surface area contributed by atoms with Crippen LogP contribution in [0.25, 0.3) is 0 Å². The van der Waals surface area contributed by atoms with Gasteiger partial charge >= 0.3 is 11.9 Å². The lowest BCUT2D eigenvalue weighted by Crippen LogP contribution is -2.66. The Hall–Kier alpha value is -2.96. The van der Waals surface area contributed by atoms with Crippen LogP contribution in [0.1, 0.15) is 143 Å². The number of Topliss-reactive ketones (excluding diaryl/α,β-unsaturated/α-hetero) is 1. The molecule has 1 amide bonds. The minimum Gasteiger partial charge on any atom is -0.481 e. The molecule has 0 aromatic heterocycles. The number of fused-ring (bicyclic) bond motifs is 7. The second kappa shape index (κ2) is 12.8. The molecule has 0 spiro atoms. The smallest absolute Gasteiger partial charge is 0.309 e. The number of hydrogen-bond donors (Lipinski definition) is 2. The number of ketones is 1. The first-order valence-electron chi connectivity index (χ1n) is 20.8. The SMILES string of the molecule is CC(C)C1=C2[C@H]3CC[C@@H]4[C@@]5(C)CC[C@H](OC(=O)[C@H]6C[C@@H](C(=O)O)C6(C)C)C(C)(C)[C@@H]5CC[C@@]4(C)[C@]3(C)CC[C@@]2(CCNC(=O)c2ccccc2)CC1=O. The van der Waals surface area contributed by atoms with E-state index in [1.54, 1.807) is 0 Å². The molecule has 0 unspecified atom stereocenters. The topological polar surface area (TPSA) is 110 Å². The zero-order valence-corrected chi connectivity index (χ0v) is 33.9. The summed E-state index contributed by atoms with van der Waals surface area (Å²) < 4.78 is 6.41. The molecule has 7 heteroatoms. The van der Waals surface area contributed by atoms with Crippen molar-refractivity contribution in [1.29, 1.82) is 0 Å². The summed E-state index contributed by atoms with van der Waals surface area (Å²) >= 11 is 0. The van der Waals surface area contributed by atoms with Crippen molar-refractivity contribution in [3.63, 3.8) is 0 Å². The van der Waals surface area contributed by atoms with E-state index in [9.17, 15) is 24.3 Å². The van der Waals surface area contributed by atoms with E-state index in [0.717, 1.165) is 63.4 Å². The number of allylic oxidation sites excluding steroid dienone is 2. The fraction of sp³-hybridized carbons (Fsp3) is 0.739. The Balaban J connectivity index is 1.12. The molecule has 0 aliphatic heterocycles. The molecule has 7 rings (SSSR count). The summed E-state index contributed by atoms with van der Waals surface area (Å²) in [5.74, 6) is -0.154. The molecule has 6 aliphatic carbocycles. The number of carbonyl (C=O) groups is 4. The van der Waals surface area contributed by atoms with E-state index in [4.69, 9.17) is 4.74 Å². The van der Waals surface area contributed by atoms with Crippen molar-refractivity contribution in [2.24, 2.45) is 68.0 Å². The van der Waals surface area contributed by atoms with Gasteiger partial charge in [0.15, 0.2) is 5.78 Å². The monoisotopic (exact) mass is 727 g/mol. The molecule has 5 saturated carbocycles. The largest absolute Gasteiger partial charge is 0.481 e. The molecule has 53 heavy (non-hydrogen) atoms. The number of benzene rings is 1. The Morgan fingerprint density at radius 1 is 0.830 bits per heavy atom. The zero-order valence-electron chi connectivity index (χ0n) is 33.9. The number of amides is 1. The van der Waals surface area contributed by atoms with Crippen LogP contribution in [0, 0.1) is 68.0 Å². The van der Waals surface area contributed by atoms with E-state index < -0.39 is 17.3 Å². The van der Waals surface area contributed by atoms with Crippen LogP contribution in [-0.2, 0) is 19.1 Å². The van der Waals surface area contributed by atoms with Crippen LogP contribution < -0.4 is 5.32 Å². The first-order valence-corrected chi connectivity index (χ1v) is 20.8. The Kier molecular flexibility index (Phi) is 9.25. The molecule has 7 nitrogen and oxygen atoms in total. The van der Waals surface area contributed by atoms with Crippen molar-refractivity contribution in [1.82, 2.24) is 5.32 Å². The van der Waals surface area contributed by atoms with Crippen LogP contribution in [0.4, 0.5) is 0 Å². The molecule has 0 heterocycles. The maximum absolute atomic E-state index is 14.0. The van der Waals surface area contributed by atoms with Crippen LogP contribution >= 0.6 is 0 Å². The van der Waals surface area contributed by atoms with E-state index in [2.05, 4.69) is 53.8 Å². The van der Waals surface area contributed by atoms with Crippen LogP contribution in [0.5, 0.6) is 0 Å². The molecule has 1 aromatic carbocycles. The summed E-state index contributed by atoms with van der Waals surface area (Å²) in [6.45, 7) is 21.1. The molecule has 6 aliphatic rings. The summed E-state index contributed by atoms with van der Waals surface area (Å²) in [5, 5.41) is 12.8. The molecule has 2 N–H and O–H groups in total. The number of aliphatic carboxylic acids is 1. The van der Waals surface area contributed by atoms with E-state index in [1.807, 2.05) is 44.2 Å². The zero-order chi connectivity index (χ0) is 38.5. The molecular weight excluding hydrogens is 663 g/mol. The van der Waals surface area contributed by atoms with Crippen LogP contribution in [0.2, 0.25) is 0 Å². The Morgan fingerprint density at radius 3 is 2.17 bits per heavy atom. The van der Waals surface area contributed by atoms with Gasteiger partial charge in [0.1, 0.15) is 6.10 Å². The van der Waals surface area contributed by atoms with Crippen molar-refractivity contribution in [2.45, 2.75) is 139 Å². The minimum absolute atomic E-state index is 0.0503. The Bertz CT molecular complexity index is 1710. The van der Waals surface area contributed by atoms with Gasteiger partial charge in [0.05, 0.1) is 11.8 Å². The highest BCUT2D eigenvalue weighted by molar-refractivity contribution is 6.00. The van der Waals surface area contributed by atoms with E-state index in [0.29, 0.717) is 48.5 Å². The fourth-order valence-corrected chi connectivity index (χ4v) is 14.3. The first-order chi connectivity index (χ1) is 24.7. The maximum atomic E-state index is 14.0. The fourth-order valence-electron chi connectivity index (χ4n) is 14.3. The lowest BCUT2D eigenvalue weighted by atomic mass is 9.33. The summed E-state index contributed by atoms with van der Waals surface area (Å²) in [6.07, 6.45) is 9.96. The average molecular weight is 728 g/mol. The number of carbonyl (C=O) groups excluding carboxylic acids is 3. The lowest BCUT2D eigenvalue weighted by molar-refractivity contribution is -0.236. The van der Waals surface area contributed by atoms with Gasteiger partial charge < -0.3 is 15.2 Å². The highest BCUT2D eigenvalue weighted by atomic mass is 16.5. The standard InChI is InChI=1S/C46H65NO6/c1-27(2)36-32(48)26-46(23-24-47-38(49)28-13-11-10-12-14-28)22-21-44(8)29(37(36)46)15-16-34-43(7)19-18-35(42(5,6)33(43)17-20-45(34,44)9)53-40(52)31-25-30(39(50)51)41(31,3)4/h10-14,27,29-31,33-35H,15-26H2,1-9H3,(H,47,49)(H,50,51)/t29-,30+,31-,33+,34-,35+,43+,44-,45-,46-/m1/s1. The second-order valence-electron chi connectivity index (χ2n) is 20.6. The lowest BCUT2D eigenvalue weighted by Gasteiger charge is -2.72. The molecule has 0 bridgehead atoms. The highest BCUT2D eigenvalue weighted by Gasteiger charge is 2.70. The van der Waals surface area contributed by atoms with Crippen molar-refractivity contribution in [3.05, 3.63) is 47.0 Å². The van der Waals surface area contributed by atoms with Crippen molar-refractivity contribution >= 4 is 23.6 Å². The molecule has 0 saturated heterocycles. The predicted octanol–water partition coefficient (Wildman–Crippen LogP) is 9.45. The Morgan fingerprint density at radius 2 is 1.53 bits per heavy atom. The third kappa shape index (κ3) is 5.53. The number of hydrogen-bond acceptors (Lipinski definition) is 5. The summed E-state index contributed by atoms with van der Waals surface area (Å²) in [6, 6.07) is 9.41. The molecule has 0 radical (unpaired) electrons. The number of carboxylic acid groups (broad SMARTS) is 1. The maximum Gasteiger partial charge on any atom is 0.309 e. The summed E-state index contributed by atoms with van der Waals surface area (Å²) in [5.41, 5.74) is 2.51. The van der Waals surface area contributed by atoms with E-state index in [1.165, 1.54) is 5.57 Å². The van der Waals surface area contributed by atoms with Crippen molar-refractivity contribution in [3.8, 4) is 0 Å². The summed E-state index contributed by atoms with van der Waals surface area (Å²) in [4.78, 5) is 52.4. The van der Waals surface area contributed by atoms with Crippen molar-refractivity contribution in [2.75, 3.05) is 6.54 Å².